The molecule has 0 bridgehead atoms. The minimum Gasteiger partial charge on any atom is -0.439 e. The van der Waals surface area contributed by atoms with Crippen molar-refractivity contribution in [3.63, 3.8) is 0 Å². The van der Waals surface area contributed by atoms with E-state index in [0.29, 0.717) is 11.5 Å². The van der Waals surface area contributed by atoms with Crippen LogP contribution in [0.1, 0.15) is 16.2 Å². The van der Waals surface area contributed by atoms with Crippen LogP contribution in [-0.4, -0.2) is 30.0 Å². The molecule has 3 rings (SSSR count). The quantitative estimate of drug-likeness (QED) is 0.604. The Morgan fingerprint density at radius 3 is 2.37 bits per heavy atom. The van der Waals surface area contributed by atoms with Crippen molar-refractivity contribution in [1.29, 1.82) is 0 Å². The summed E-state index contributed by atoms with van der Waals surface area (Å²) in [4.78, 5) is 22.2. The van der Waals surface area contributed by atoms with Crippen LogP contribution in [0.15, 0.2) is 54.6 Å². The number of aromatic nitrogens is 2. The molecule has 3 aromatic rings. The van der Waals surface area contributed by atoms with Crippen LogP contribution in [0.25, 0.3) is 0 Å². The van der Waals surface area contributed by atoms with Gasteiger partial charge in [0.05, 0.1) is 5.56 Å². The van der Waals surface area contributed by atoms with Crippen LogP contribution < -0.4 is 15.0 Å². The summed E-state index contributed by atoms with van der Waals surface area (Å²) in [6, 6.07) is 10.7. The van der Waals surface area contributed by atoms with Gasteiger partial charge in [0.15, 0.2) is 0 Å². The molecule has 0 radical (unpaired) electrons. The normalized spacial score (nSPS) is 11.1. The zero-order valence-electron chi connectivity index (χ0n) is 15.9. The number of benzene rings is 2. The minimum atomic E-state index is -4.53. The number of ether oxygens (including phenoxy) is 1. The summed E-state index contributed by atoms with van der Waals surface area (Å²) in [5.41, 5.74) is -0.559. The lowest BCUT2D eigenvalue weighted by Gasteiger charge is -2.15. The van der Waals surface area contributed by atoms with Crippen molar-refractivity contribution in [1.82, 2.24) is 9.97 Å². The van der Waals surface area contributed by atoms with Crippen LogP contribution >= 0.6 is 0 Å². The first-order valence-corrected chi connectivity index (χ1v) is 8.60. The van der Waals surface area contributed by atoms with Gasteiger partial charge in [0.1, 0.15) is 17.4 Å². The topological polar surface area (TPSA) is 67.3 Å². The second kappa shape index (κ2) is 8.36. The van der Waals surface area contributed by atoms with Gasteiger partial charge in [-0.3, -0.25) is 4.79 Å². The van der Waals surface area contributed by atoms with Gasteiger partial charge >= 0.3 is 6.18 Å². The van der Waals surface area contributed by atoms with Gasteiger partial charge < -0.3 is 15.0 Å². The molecule has 0 aliphatic carbocycles. The molecule has 10 heteroatoms. The summed E-state index contributed by atoms with van der Waals surface area (Å²) in [5.74, 6) is -1.34. The van der Waals surface area contributed by atoms with Crippen molar-refractivity contribution in [2.45, 2.75) is 6.18 Å². The third-order valence-electron chi connectivity index (χ3n) is 3.84. The minimum absolute atomic E-state index is 0.0990. The SMILES string of the molecule is CN(C)c1cc(Oc2cccc(C(F)(F)F)c2)nc(C(=O)Nc2ccc(F)cc2)n1. The zero-order chi connectivity index (χ0) is 21.9. The number of amides is 1. The number of anilines is 2. The van der Waals surface area contributed by atoms with Crippen molar-refractivity contribution in [2.75, 3.05) is 24.3 Å². The van der Waals surface area contributed by atoms with Crippen LogP contribution in [-0.2, 0) is 6.18 Å². The largest absolute Gasteiger partial charge is 0.439 e. The molecule has 0 saturated heterocycles. The molecule has 1 N–H and O–H groups in total. The Morgan fingerprint density at radius 1 is 1.03 bits per heavy atom. The number of carbonyl (C=O) groups excluding carboxylic acids is 1. The Labute approximate surface area is 169 Å². The molecule has 0 atom stereocenters. The van der Waals surface area contributed by atoms with Crippen molar-refractivity contribution < 1.29 is 27.1 Å². The summed E-state index contributed by atoms with van der Waals surface area (Å²) >= 11 is 0. The Balaban J connectivity index is 1.89. The fourth-order valence-corrected chi connectivity index (χ4v) is 2.37. The first-order chi connectivity index (χ1) is 14.1. The lowest BCUT2D eigenvalue weighted by molar-refractivity contribution is -0.137. The van der Waals surface area contributed by atoms with Gasteiger partial charge in [0, 0.05) is 25.8 Å². The number of nitrogens with zero attached hydrogens (tertiary/aromatic N) is 3. The molecule has 0 spiro atoms. The number of halogens is 4. The van der Waals surface area contributed by atoms with Crippen molar-refractivity contribution in [3.8, 4) is 11.6 Å². The molecular formula is C20H16F4N4O2. The molecular weight excluding hydrogens is 404 g/mol. The van der Waals surface area contributed by atoms with Gasteiger partial charge in [0.2, 0.25) is 11.7 Å². The van der Waals surface area contributed by atoms with E-state index in [9.17, 15) is 22.4 Å². The third-order valence-corrected chi connectivity index (χ3v) is 3.84. The number of hydrogen-bond acceptors (Lipinski definition) is 5. The van der Waals surface area contributed by atoms with Crippen molar-refractivity contribution >= 4 is 17.4 Å². The molecule has 0 saturated carbocycles. The average Bonchev–Trinajstić information content (AvgIpc) is 2.69. The Kier molecular flexibility index (Phi) is 5.86. The van der Waals surface area contributed by atoms with Gasteiger partial charge in [-0.2, -0.15) is 18.2 Å². The molecule has 0 fully saturated rings. The number of alkyl halides is 3. The first kappa shape index (κ1) is 21.0. The average molecular weight is 420 g/mol. The van der Waals surface area contributed by atoms with E-state index >= 15 is 0 Å². The van der Waals surface area contributed by atoms with E-state index in [1.165, 1.54) is 42.5 Å². The molecule has 1 heterocycles. The van der Waals surface area contributed by atoms with E-state index in [0.717, 1.165) is 12.1 Å². The lowest BCUT2D eigenvalue weighted by atomic mass is 10.2. The van der Waals surface area contributed by atoms with Crippen LogP contribution in [0, 0.1) is 5.82 Å². The predicted octanol–water partition coefficient (Wildman–Crippen LogP) is 4.75. The highest BCUT2D eigenvalue weighted by Crippen LogP contribution is 2.32. The van der Waals surface area contributed by atoms with Gasteiger partial charge in [0.25, 0.3) is 5.91 Å². The number of carbonyl (C=O) groups is 1. The highest BCUT2D eigenvalue weighted by Gasteiger charge is 2.30. The molecule has 0 unspecified atom stereocenters. The molecule has 0 aliphatic rings. The summed E-state index contributed by atoms with van der Waals surface area (Å²) in [6.45, 7) is 0. The molecule has 1 aromatic heterocycles. The van der Waals surface area contributed by atoms with Gasteiger partial charge in [-0.1, -0.05) is 6.07 Å². The Morgan fingerprint density at radius 2 is 1.73 bits per heavy atom. The summed E-state index contributed by atoms with van der Waals surface area (Å²) in [6.07, 6.45) is -4.53. The van der Waals surface area contributed by atoms with E-state index in [1.54, 1.807) is 19.0 Å². The summed E-state index contributed by atoms with van der Waals surface area (Å²) in [7, 11) is 3.33. The van der Waals surface area contributed by atoms with Crippen molar-refractivity contribution in [3.05, 3.63) is 71.8 Å². The van der Waals surface area contributed by atoms with Gasteiger partial charge in [-0.15, -0.1) is 0 Å². The smallest absolute Gasteiger partial charge is 0.416 e. The van der Waals surface area contributed by atoms with Crippen LogP contribution in [0.4, 0.5) is 29.1 Å². The fraction of sp³-hybridized carbons (Fsp3) is 0.150. The molecule has 2 aromatic carbocycles. The van der Waals surface area contributed by atoms with E-state index in [4.69, 9.17) is 4.74 Å². The Bertz CT molecular complexity index is 1050. The predicted molar refractivity (Wildman–Crippen MR) is 102 cm³/mol. The standard InChI is InChI=1S/C20H16F4N4O2/c1-28(2)16-11-17(30-15-5-3-4-12(10-15)20(22,23)24)27-18(26-16)19(29)25-14-8-6-13(21)7-9-14/h3-11H,1-2H3,(H,25,29). The van der Waals surface area contributed by atoms with E-state index in [2.05, 4.69) is 15.3 Å². The molecule has 0 aliphatic heterocycles. The Hall–Kier alpha value is -3.69. The monoisotopic (exact) mass is 420 g/mol. The van der Waals surface area contributed by atoms with Crippen LogP contribution in [0.3, 0.4) is 0 Å². The second-order valence-electron chi connectivity index (χ2n) is 6.37. The van der Waals surface area contributed by atoms with E-state index in [1.807, 2.05) is 0 Å². The number of rotatable bonds is 5. The highest BCUT2D eigenvalue weighted by atomic mass is 19.4. The third kappa shape index (κ3) is 5.22. The van der Waals surface area contributed by atoms with E-state index < -0.39 is 23.5 Å². The van der Waals surface area contributed by atoms with Crippen LogP contribution in [0.2, 0.25) is 0 Å². The highest BCUT2D eigenvalue weighted by molar-refractivity contribution is 6.01. The number of nitrogens with one attached hydrogen (secondary N) is 1. The first-order valence-electron chi connectivity index (χ1n) is 8.60. The maximum Gasteiger partial charge on any atom is 0.416 e. The van der Waals surface area contributed by atoms with Gasteiger partial charge in [-0.25, -0.2) is 9.37 Å². The summed E-state index contributed by atoms with van der Waals surface area (Å²) < 4.78 is 57.2. The fourth-order valence-electron chi connectivity index (χ4n) is 2.37. The van der Waals surface area contributed by atoms with Gasteiger partial charge in [-0.05, 0) is 42.5 Å². The summed E-state index contributed by atoms with van der Waals surface area (Å²) in [5, 5.41) is 2.52. The van der Waals surface area contributed by atoms with E-state index in [-0.39, 0.29) is 17.5 Å². The lowest BCUT2D eigenvalue weighted by Crippen LogP contribution is -2.19. The van der Waals surface area contributed by atoms with Crippen molar-refractivity contribution in [2.24, 2.45) is 0 Å². The molecule has 6 nitrogen and oxygen atoms in total. The zero-order valence-corrected chi connectivity index (χ0v) is 15.9. The number of hydrogen-bond donors (Lipinski definition) is 1. The van der Waals surface area contributed by atoms with Crippen LogP contribution in [0.5, 0.6) is 11.6 Å². The maximum atomic E-state index is 13.0. The second-order valence-corrected chi connectivity index (χ2v) is 6.37. The molecule has 30 heavy (non-hydrogen) atoms. The maximum absolute atomic E-state index is 13.0. The molecule has 1 amide bonds. The molecule has 156 valence electrons.